The van der Waals surface area contributed by atoms with Crippen LogP contribution in [0.25, 0.3) is 0 Å². The van der Waals surface area contributed by atoms with E-state index in [1.54, 1.807) is 18.7 Å². The first-order valence-corrected chi connectivity index (χ1v) is 6.74. The van der Waals surface area contributed by atoms with Crippen molar-refractivity contribution < 1.29 is 9.59 Å². The highest BCUT2D eigenvalue weighted by Crippen LogP contribution is 2.23. The minimum atomic E-state index is -0.102. The Morgan fingerprint density at radius 1 is 1.56 bits per heavy atom. The molecule has 1 atom stereocenters. The fourth-order valence-corrected chi connectivity index (χ4v) is 2.17. The molecule has 0 fully saturated rings. The molecule has 4 heteroatoms. The SMILES string of the molecule is CCC(=O)C1=CN=C(SC)CC(CC)C1=O. The molecule has 0 spiro atoms. The Kier molecular flexibility index (Phi) is 4.93. The van der Waals surface area contributed by atoms with Crippen LogP contribution in [0.5, 0.6) is 0 Å². The maximum Gasteiger partial charge on any atom is 0.171 e. The third-order valence-electron chi connectivity index (χ3n) is 2.74. The molecule has 1 aliphatic heterocycles. The van der Waals surface area contributed by atoms with Crippen molar-refractivity contribution in [2.75, 3.05) is 6.26 Å². The average molecular weight is 239 g/mol. The number of carbonyl (C=O) groups excluding carboxylic acids is 2. The van der Waals surface area contributed by atoms with E-state index >= 15 is 0 Å². The summed E-state index contributed by atoms with van der Waals surface area (Å²) in [6.45, 7) is 3.74. The van der Waals surface area contributed by atoms with Crippen LogP contribution in [0.4, 0.5) is 0 Å². The van der Waals surface area contributed by atoms with Crippen molar-refractivity contribution in [3.8, 4) is 0 Å². The molecular weight excluding hydrogens is 222 g/mol. The molecule has 0 aliphatic carbocycles. The molecule has 88 valence electrons. The molecule has 0 amide bonds. The third kappa shape index (κ3) is 2.82. The second-order valence-corrected chi connectivity index (χ2v) is 4.60. The van der Waals surface area contributed by atoms with Gasteiger partial charge < -0.3 is 0 Å². The second-order valence-electron chi connectivity index (χ2n) is 3.72. The minimum Gasteiger partial charge on any atom is -0.294 e. The van der Waals surface area contributed by atoms with Gasteiger partial charge in [-0.2, -0.15) is 0 Å². The Bertz CT molecular complexity index is 358. The summed E-state index contributed by atoms with van der Waals surface area (Å²) in [4.78, 5) is 27.9. The van der Waals surface area contributed by atoms with E-state index in [0.717, 1.165) is 11.5 Å². The molecule has 0 bridgehead atoms. The lowest BCUT2D eigenvalue weighted by atomic mass is 9.91. The molecule has 0 saturated heterocycles. The lowest BCUT2D eigenvalue weighted by Gasteiger charge is -2.12. The lowest BCUT2D eigenvalue weighted by Crippen LogP contribution is -2.21. The molecule has 0 radical (unpaired) electrons. The highest BCUT2D eigenvalue weighted by molar-refractivity contribution is 8.13. The van der Waals surface area contributed by atoms with Gasteiger partial charge in [0.15, 0.2) is 11.6 Å². The van der Waals surface area contributed by atoms with Gasteiger partial charge in [-0.3, -0.25) is 14.6 Å². The van der Waals surface area contributed by atoms with E-state index in [0.29, 0.717) is 12.8 Å². The summed E-state index contributed by atoms with van der Waals surface area (Å²) in [5.41, 5.74) is 0.276. The van der Waals surface area contributed by atoms with Gasteiger partial charge in [-0.05, 0) is 12.7 Å². The van der Waals surface area contributed by atoms with Crippen LogP contribution in [0.2, 0.25) is 0 Å². The molecule has 1 unspecified atom stereocenters. The molecular formula is C12H17NO2S. The van der Waals surface area contributed by atoms with E-state index in [-0.39, 0.29) is 23.1 Å². The predicted octanol–water partition coefficient (Wildman–Crippen LogP) is 2.61. The highest BCUT2D eigenvalue weighted by atomic mass is 32.2. The number of carbonyl (C=O) groups is 2. The van der Waals surface area contributed by atoms with Crippen LogP contribution >= 0.6 is 11.8 Å². The van der Waals surface area contributed by atoms with Crippen LogP contribution in [-0.2, 0) is 9.59 Å². The van der Waals surface area contributed by atoms with Gasteiger partial charge in [-0.1, -0.05) is 13.8 Å². The molecule has 1 heterocycles. The van der Waals surface area contributed by atoms with Gasteiger partial charge in [-0.15, -0.1) is 11.8 Å². The fraction of sp³-hybridized carbons (Fsp3) is 0.583. The normalized spacial score (nSPS) is 21.2. The Hall–Kier alpha value is -0.900. The van der Waals surface area contributed by atoms with Crippen LogP contribution in [-0.4, -0.2) is 22.9 Å². The number of allylic oxidation sites excluding steroid dienone is 1. The minimum absolute atomic E-state index is 0.0397. The molecule has 3 nitrogen and oxygen atoms in total. The molecule has 16 heavy (non-hydrogen) atoms. The van der Waals surface area contributed by atoms with Crippen molar-refractivity contribution in [2.45, 2.75) is 33.1 Å². The Balaban J connectivity index is 3.04. The lowest BCUT2D eigenvalue weighted by molar-refractivity contribution is -0.123. The number of aliphatic imine (C=N–C) groups is 1. The summed E-state index contributed by atoms with van der Waals surface area (Å²) >= 11 is 1.54. The Morgan fingerprint density at radius 3 is 2.75 bits per heavy atom. The zero-order chi connectivity index (χ0) is 12.1. The summed E-state index contributed by atoms with van der Waals surface area (Å²) in [5, 5.41) is 0.930. The number of Topliss-reactive ketones (excluding diaryl/α,β-unsaturated/α-hetero) is 2. The van der Waals surface area contributed by atoms with Gasteiger partial charge in [0.1, 0.15) is 0 Å². The van der Waals surface area contributed by atoms with Crippen molar-refractivity contribution in [1.82, 2.24) is 0 Å². The number of nitrogens with zero attached hydrogens (tertiary/aromatic N) is 1. The van der Waals surface area contributed by atoms with Gasteiger partial charge in [0, 0.05) is 25.0 Å². The van der Waals surface area contributed by atoms with Crippen molar-refractivity contribution in [2.24, 2.45) is 10.9 Å². The standard InChI is InChI=1S/C12H17NO2S/c1-4-8-6-11(16-3)13-7-9(12(8)15)10(14)5-2/h7-8H,4-6H2,1-3H3. The molecule has 0 aromatic rings. The first-order valence-electron chi connectivity index (χ1n) is 5.52. The number of hydrogen-bond donors (Lipinski definition) is 0. The third-order valence-corrected chi connectivity index (χ3v) is 3.49. The number of ketones is 2. The maximum atomic E-state index is 12.1. The van der Waals surface area contributed by atoms with Gasteiger partial charge in [0.2, 0.25) is 0 Å². The van der Waals surface area contributed by atoms with Crippen molar-refractivity contribution in [1.29, 1.82) is 0 Å². The van der Waals surface area contributed by atoms with E-state index in [1.165, 1.54) is 6.20 Å². The van der Waals surface area contributed by atoms with Crippen molar-refractivity contribution in [3.63, 3.8) is 0 Å². The van der Waals surface area contributed by atoms with Crippen LogP contribution in [0.3, 0.4) is 0 Å². The van der Waals surface area contributed by atoms with E-state index in [9.17, 15) is 9.59 Å². The number of thioether (sulfide) groups is 1. The molecule has 1 rings (SSSR count). The van der Waals surface area contributed by atoms with Gasteiger partial charge in [-0.25, -0.2) is 0 Å². The molecule has 0 saturated carbocycles. The van der Waals surface area contributed by atoms with Gasteiger partial charge in [0.05, 0.1) is 10.6 Å². The van der Waals surface area contributed by atoms with Gasteiger partial charge in [0.25, 0.3) is 0 Å². The smallest absolute Gasteiger partial charge is 0.171 e. The maximum absolute atomic E-state index is 12.1. The zero-order valence-electron chi connectivity index (χ0n) is 9.95. The van der Waals surface area contributed by atoms with Crippen molar-refractivity contribution in [3.05, 3.63) is 11.8 Å². The summed E-state index contributed by atoms with van der Waals surface area (Å²) in [6, 6.07) is 0. The van der Waals surface area contributed by atoms with Crippen LogP contribution < -0.4 is 0 Å². The quantitative estimate of drug-likeness (QED) is 0.711. The summed E-state index contributed by atoms with van der Waals surface area (Å²) < 4.78 is 0. The van der Waals surface area contributed by atoms with E-state index < -0.39 is 0 Å². The Labute approximate surface area is 100 Å². The first-order chi connectivity index (χ1) is 7.63. The first kappa shape index (κ1) is 13.2. The number of hydrogen-bond acceptors (Lipinski definition) is 4. The average Bonchev–Trinajstić information content (AvgIpc) is 2.47. The fourth-order valence-electron chi connectivity index (χ4n) is 1.64. The monoisotopic (exact) mass is 239 g/mol. The summed E-state index contributed by atoms with van der Waals surface area (Å²) in [6.07, 6.45) is 5.17. The van der Waals surface area contributed by atoms with Crippen LogP contribution in [0.15, 0.2) is 16.8 Å². The second kappa shape index (κ2) is 5.99. The zero-order valence-corrected chi connectivity index (χ0v) is 10.8. The van der Waals surface area contributed by atoms with E-state index in [2.05, 4.69) is 4.99 Å². The van der Waals surface area contributed by atoms with E-state index in [1.807, 2.05) is 13.2 Å². The molecule has 1 aliphatic rings. The van der Waals surface area contributed by atoms with Gasteiger partial charge >= 0.3 is 0 Å². The Morgan fingerprint density at radius 2 is 2.25 bits per heavy atom. The van der Waals surface area contributed by atoms with E-state index in [4.69, 9.17) is 0 Å². The summed E-state index contributed by atoms with van der Waals surface area (Å²) in [5.74, 6) is -0.229. The van der Waals surface area contributed by atoms with Crippen LogP contribution in [0.1, 0.15) is 33.1 Å². The topological polar surface area (TPSA) is 46.5 Å². The largest absolute Gasteiger partial charge is 0.294 e. The summed E-state index contributed by atoms with van der Waals surface area (Å²) in [7, 11) is 0. The molecule has 0 aromatic carbocycles. The molecule has 0 aromatic heterocycles. The van der Waals surface area contributed by atoms with Crippen molar-refractivity contribution >= 4 is 28.4 Å². The van der Waals surface area contributed by atoms with Crippen LogP contribution in [0, 0.1) is 5.92 Å². The predicted molar refractivity (Wildman–Crippen MR) is 67.7 cm³/mol. The highest BCUT2D eigenvalue weighted by Gasteiger charge is 2.27. The molecule has 0 N–H and O–H groups in total. The number of rotatable bonds is 3.